The van der Waals surface area contributed by atoms with E-state index in [1.54, 1.807) is 0 Å². The summed E-state index contributed by atoms with van der Waals surface area (Å²) in [6.07, 6.45) is 7.64. The molecule has 0 bridgehead atoms. The lowest BCUT2D eigenvalue weighted by Crippen LogP contribution is -2.55. The van der Waals surface area contributed by atoms with E-state index in [1.807, 2.05) is 6.07 Å². The lowest BCUT2D eigenvalue weighted by molar-refractivity contribution is -0.140. The first-order valence-electron chi connectivity index (χ1n) is 8.20. The SMILES string of the molecule is O=C(O)CC1(NC(=O)Cc2ccc3c(c2)CCCC3)CCC1. The summed E-state index contributed by atoms with van der Waals surface area (Å²) in [5.41, 5.74) is 3.32. The number of rotatable bonds is 5. The Hall–Kier alpha value is -1.84. The molecule has 0 spiro atoms. The highest BCUT2D eigenvalue weighted by Crippen LogP contribution is 2.35. The van der Waals surface area contributed by atoms with Crippen LogP contribution < -0.4 is 5.32 Å². The quantitative estimate of drug-likeness (QED) is 0.878. The molecule has 0 saturated heterocycles. The van der Waals surface area contributed by atoms with Gasteiger partial charge >= 0.3 is 5.97 Å². The molecule has 0 heterocycles. The Morgan fingerprint density at radius 3 is 2.45 bits per heavy atom. The standard InChI is InChI=1S/C18H23NO3/c20-16(19-18(8-3-9-18)12-17(21)22)11-13-6-7-14-4-1-2-5-15(14)10-13/h6-7,10H,1-5,8-9,11-12H2,(H,19,20)(H,21,22). The Balaban J connectivity index is 1.63. The number of carbonyl (C=O) groups is 2. The predicted molar refractivity (Wildman–Crippen MR) is 83.8 cm³/mol. The number of carboxylic acid groups (broad SMARTS) is 1. The number of benzene rings is 1. The molecule has 1 amide bonds. The van der Waals surface area contributed by atoms with Crippen molar-refractivity contribution >= 4 is 11.9 Å². The molecule has 0 atom stereocenters. The van der Waals surface area contributed by atoms with Gasteiger partial charge in [-0.2, -0.15) is 0 Å². The van der Waals surface area contributed by atoms with Crippen LogP contribution in [0.5, 0.6) is 0 Å². The topological polar surface area (TPSA) is 66.4 Å². The first-order valence-corrected chi connectivity index (χ1v) is 8.20. The first kappa shape index (κ1) is 15.1. The molecule has 118 valence electrons. The van der Waals surface area contributed by atoms with E-state index in [0.29, 0.717) is 6.42 Å². The maximum absolute atomic E-state index is 12.3. The second kappa shape index (κ2) is 6.11. The smallest absolute Gasteiger partial charge is 0.305 e. The van der Waals surface area contributed by atoms with Gasteiger partial charge in [0, 0.05) is 0 Å². The van der Waals surface area contributed by atoms with Crippen LogP contribution in [0, 0.1) is 0 Å². The molecular weight excluding hydrogens is 278 g/mol. The van der Waals surface area contributed by atoms with Gasteiger partial charge in [-0.15, -0.1) is 0 Å². The Morgan fingerprint density at radius 1 is 1.09 bits per heavy atom. The molecule has 1 saturated carbocycles. The molecule has 1 aromatic rings. The number of aliphatic carboxylic acids is 1. The minimum absolute atomic E-state index is 0.0307. The monoisotopic (exact) mass is 301 g/mol. The molecule has 4 nitrogen and oxygen atoms in total. The minimum Gasteiger partial charge on any atom is -0.481 e. The molecular formula is C18H23NO3. The van der Waals surface area contributed by atoms with E-state index in [4.69, 9.17) is 5.11 Å². The summed E-state index contributed by atoms with van der Waals surface area (Å²) >= 11 is 0. The molecule has 2 aliphatic carbocycles. The zero-order valence-electron chi connectivity index (χ0n) is 12.9. The number of amides is 1. The summed E-state index contributed by atoms with van der Waals surface area (Å²) in [6, 6.07) is 6.33. The van der Waals surface area contributed by atoms with Crippen molar-refractivity contribution < 1.29 is 14.7 Å². The molecule has 4 heteroatoms. The number of aryl methyl sites for hydroxylation is 2. The minimum atomic E-state index is -0.839. The van der Waals surface area contributed by atoms with Crippen molar-refractivity contribution in [3.63, 3.8) is 0 Å². The second-order valence-corrected chi connectivity index (χ2v) is 6.74. The highest BCUT2D eigenvalue weighted by atomic mass is 16.4. The number of carboxylic acids is 1. The predicted octanol–water partition coefficient (Wildman–Crippen LogP) is 2.62. The van der Waals surface area contributed by atoms with E-state index in [0.717, 1.165) is 37.7 Å². The van der Waals surface area contributed by atoms with E-state index in [1.165, 1.54) is 24.0 Å². The Kier molecular flexibility index (Phi) is 4.19. The fourth-order valence-corrected chi connectivity index (χ4v) is 3.66. The average molecular weight is 301 g/mol. The largest absolute Gasteiger partial charge is 0.481 e. The van der Waals surface area contributed by atoms with Crippen molar-refractivity contribution in [2.24, 2.45) is 0 Å². The van der Waals surface area contributed by atoms with Crippen LogP contribution in [0.2, 0.25) is 0 Å². The highest BCUT2D eigenvalue weighted by molar-refractivity contribution is 5.80. The van der Waals surface area contributed by atoms with Crippen LogP contribution >= 0.6 is 0 Å². The molecule has 0 radical (unpaired) electrons. The van der Waals surface area contributed by atoms with Crippen LogP contribution in [-0.2, 0) is 28.9 Å². The van der Waals surface area contributed by atoms with Gasteiger partial charge in [-0.05, 0) is 61.6 Å². The van der Waals surface area contributed by atoms with Gasteiger partial charge in [0.1, 0.15) is 0 Å². The normalized spacial score (nSPS) is 18.9. The Morgan fingerprint density at radius 2 is 1.82 bits per heavy atom. The van der Waals surface area contributed by atoms with E-state index >= 15 is 0 Å². The van der Waals surface area contributed by atoms with Crippen molar-refractivity contribution in [2.75, 3.05) is 0 Å². The molecule has 2 N–H and O–H groups in total. The van der Waals surface area contributed by atoms with Crippen LogP contribution in [0.4, 0.5) is 0 Å². The van der Waals surface area contributed by atoms with Gasteiger partial charge in [-0.25, -0.2) is 0 Å². The molecule has 0 aliphatic heterocycles. The molecule has 0 aromatic heterocycles. The van der Waals surface area contributed by atoms with Gasteiger partial charge in [0.2, 0.25) is 5.91 Å². The van der Waals surface area contributed by atoms with Gasteiger partial charge < -0.3 is 10.4 Å². The maximum atomic E-state index is 12.3. The first-order chi connectivity index (χ1) is 10.6. The van der Waals surface area contributed by atoms with Crippen molar-refractivity contribution in [2.45, 2.75) is 63.3 Å². The third-order valence-corrected chi connectivity index (χ3v) is 4.98. The van der Waals surface area contributed by atoms with Crippen LogP contribution in [0.25, 0.3) is 0 Å². The van der Waals surface area contributed by atoms with Crippen molar-refractivity contribution in [3.05, 3.63) is 34.9 Å². The van der Waals surface area contributed by atoms with Crippen LogP contribution in [0.3, 0.4) is 0 Å². The van der Waals surface area contributed by atoms with Gasteiger partial charge in [0.15, 0.2) is 0 Å². The molecule has 0 unspecified atom stereocenters. The van der Waals surface area contributed by atoms with Gasteiger partial charge in [-0.1, -0.05) is 18.2 Å². The van der Waals surface area contributed by atoms with E-state index in [9.17, 15) is 9.59 Å². The van der Waals surface area contributed by atoms with Gasteiger partial charge in [0.25, 0.3) is 0 Å². The molecule has 3 rings (SSSR count). The lowest BCUT2D eigenvalue weighted by Gasteiger charge is -2.41. The summed E-state index contributed by atoms with van der Waals surface area (Å²) in [7, 11) is 0. The zero-order valence-corrected chi connectivity index (χ0v) is 12.9. The van der Waals surface area contributed by atoms with Gasteiger partial charge in [-0.3, -0.25) is 9.59 Å². The van der Waals surface area contributed by atoms with Crippen molar-refractivity contribution in [1.29, 1.82) is 0 Å². The third kappa shape index (κ3) is 3.32. The number of nitrogens with one attached hydrogen (secondary N) is 1. The molecule has 22 heavy (non-hydrogen) atoms. The van der Waals surface area contributed by atoms with Crippen LogP contribution in [-0.4, -0.2) is 22.5 Å². The number of fused-ring (bicyclic) bond motifs is 1. The number of hydrogen-bond donors (Lipinski definition) is 2. The second-order valence-electron chi connectivity index (χ2n) is 6.74. The van der Waals surface area contributed by atoms with E-state index in [-0.39, 0.29) is 12.3 Å². The fourth-order valence-electron chi connectivity index (χ4n) is 3.66. The Labute approximate surface area is 130 Å². The lowest BCUT2D eigenvalue weighted by atomic mass is 9.74. The zero-order chi connectivity index (χ0) is 15.6. The van der Waals surface area contributed by atoms with Crippen molar-refractivity contribution in [3.8, 4) is 0 Å². The number of carbonyl (C=O) groups excluding carboxylic acids is 1. The third-order valence-electron chi connectivity index (χ3n) is 4.98. The summed E-state index contributed by atoms with van der Waals surface area (Å²) < 4.78 is 0. The molecule has 1 aromatic carbocycles. The Bertz CT molecular complexity index is 590. The maximum Gasteiger partial charge on any atom is 0.305 e. The fraction of sp³-hybridized carbons (Fsp3) is 0.556. The molecule has 2 aliphatic rings. The summed E-state index contributed by atoms with van der Waals surface area (Å²) in [6.45, 7) is 0. The highest BCUT2D eigenvalue weighted by Gasteiger charge is 2.40. The summed E-state index contributed by atoms with van der Waals surface area (Å²) in [5, 5.41) is 12.0. The van der Waals surface area contributed by atoms with E-state index in [2.05, 4.69) is 17.4 Å². The van der Waals surface area contributed by atoms with Gasteiger partial charge in [0.05, 0.1) is 18.4 Å². The summed E-state index contributed by atoms with van der Waals surface area (Å²) in [4.78, 5) is 23.2. The average Bonchev–Trinajstić information content (AvgIpc) is 2.44. The van der Waals surface area contributed by atoms with E-state index < -0.39 is 11.5 Å². The van der Waals surface area contributed by atoms with Crippen LogP contribution in [0.1, 0.15) is 55.2 Å². The molecule has 1 fully saturated rings. The number of hydrogen-bond acceptors (Lipinski definition) is 2. The van der Waals surface area contributed by atoms with Crippen LogP contribution in [0.15, 0.2) is 18.2 Å². The summed E-state index contributed by atoms with van der Waals surface area (Å²) in [5.74, 6) is -0.898. The van der Waals surface area contributed by atoms with Crippen molar-refractivity contribution in [1.82, 2.24) is 5.32 Å².